The van der Waals surface area contributed by atoms with Gasteiger partial charge in [-0.3, -0.25) is 9.78 Å². The van der Waals surface area contributed by atoms with Gasteiger partial charge in [0.1, 0.15) is 5.69 Å². The van der Waals surface area contributed by atoms with Crippen molar-refractivity contribution < 1.29 is 18.7 Å². The Morgan fingerprint density at radius 3 is 2.71 bits per heavy atom. The molecular weight excluding hydrogens is 307 g/mol. The Hall–Kier alpha value is -0.790. The standard InChI is InChI=1S/C8H6F2INO2/c9-8(10)6-2-5(11)4(3-12-6)1-7(13)14/h2-3,8H,1H2,(H,13,14). The number of nitrogens with zero attached hydrogens (tertiary/aromatic N) is 1. The van der Waals surface area contributed by atoms with Gasteiger partial charge in [0.05, 0.1) is 6.42 Å². The largest absolute Gasteiger partial charge is 0.481 e. The molecule has 0 saturated heterocycles. The fourth-order valence-corrected chi connectivity index (χ4v) is 1.54. The lowest BCUT2D eigenvalue weighted by molar-refractivity contribution is -0.136. The van der Waals surface area contributed by atoms with Crippen molar-refractivity contribution in [3.63, 3.8) is 0 Å². The van der Waals surface area contributed by atoms with Crippen LogP contribution in [0.5, 0.6) is 0 Å². The van der Waals surface area contributed by atoms with E-state index in [1.807, 2.05) is 22.6 Å². The summed E-state index contributed by atoms with van der Waals surface area (Å²) in [5.41, 5.74) is 0.117. The molecule has 0 saturated carbocycles. The molecule has 0 aliphatic rings. The molecule has 0 aromatic carbocycles. The number of aliphatic carboxylic acids is 1. The molecule has 1 heterocycles. The zero-order chi connectivity index (χ0) is 10.7. The Morgan fingerprint density at radius 1 is 1.64 bits per heavy atom. The minimum absolute atomic E-state index is 0.200. The second-order valence-electron chi connectivity index (χ2n) is 2.57. The van der Waals surface area contributed by atoms with Crippen LogP contribution in [0.3, 0.4) is 0 Å². The van der Waals surface area contributed by atoms with Gasteiger partial charge in [-0.25, -0.2) is 8.78 Å². The quantitative estimate of drug-likeness (QED) is 0.871. The Kier molecular flexibility index (Phi) is 3.73. The summed E-state index contributed by atoms with van der Waals surface area (Å²) in [6, 6.07) is 1.20. The summed E-state index contributed by atoms with van der Waals surface area (Å²) in [5.74, 6) is -1.01. The molecular formula is C8H6F2INO2. The van der Waals surface area contributed by atoms with E-state index in [9.17, 15) is 13.6 Å². The van der Waals surface area contributed by atoms with Crippen LogP contribution in [-0.4, -0.2) is 16.1 Å². The number of aromatic nitrogens is 1. The Morgan fingerprint density at radius 2 is 2.29 bits per heavy atom. The van der Waals surface area contributed by atoms with E-state index < -0.39 is 12.4 Å². The van der Waals surface area contributed by atoms with Gasteiger partial charge in [-0.1, -0.05) is 0 Å². The summed E-state index contributed by atoms with van der Waals surface area (Å²) < 4.78 is 24.8. The summed E-state index contributed by atoms with van der Waals surface area (Å²) in [5, 5.41) is 8.49. The second-order valence-corrected chi connectivity index (χ2v) is 3.73. The van der Waals surface area contributed by atoms with Crippen LogP contribution in [0.25, 0.3) is 0 Å². The average Bonchev–Trinajstić information content (AvgIpc) is 2.07. The van der Waals surface area contributed by atoms with E-state index in [0.29, 0.717) is 9.13 Å². The van der Waals surface area contributed by atoms with Crippen LogP contribution in [0.2, 0.25) is 0 Å². The van der Waals surface area contributed by atoms with Crippen molar-refractivity contribution in [3.8, 4) is 0 Å². The van der Waals surface area contributed by atoms with E-state index in [1.54, 1.807) is 0 Å². The number of alkyl halides is 2. The van der Waals surface area contributed by atoms with Gasteiger partial charge in [-0.05, 0) is 34.2 Å². The third-order valence-corrected chi connectivity index (χ3v) is 2.52. The van der Waals surface area contributed by atoms with Crippen LogP contribution in [0.15, 0.2) is 12.3 Å². The highest BCUT2D eigenvalue weighted by atomic mass is 127. The molecule has 1 aromatic rings. The van der Waals surface area contributed by atoms with Crippen LogP contribution in [-0.2, 0) is 11.2 Å². The molecule has 1 rings (SSSR count). The van der Waals surface area contributed by atoms with Crippen LogP contribution in [0.1, 0.15) is 17.7 Å². The smallest absolute Gasteiger partial charge is 0.307 e. The topological polar surface area (TPSA) is 50.2 Å². The Labute approximate surface area is 92.3 Å². The van der Waals surface area contributed by atoms with Crippen molar-refractivity contribution in [2.45, 2.75) is 12.8 Å². The zero-order valence-corrected chi connectivity index (χ0v) is 9.03. The minimum Gasteiger partial charge on any atom is -0.481 e. The van der Waals surface area contributed by atoms with Crippen molar-refractivity contribution in [2.24, 2.45) is 0 Å². The molecule has 1 aromatic heterocycles. The van der Waals surface area contributed by atoms with Crippen LogP contribution < -0.4 is 0 Å². The maximum Gasteiger partial charge on any atom is 0.307 e. The first kappa shape index (κ1) is 11.3. The average molecular weight is 313 g/mol. The van der Waals surface area contributed by atoms with E-state index >= 15 is 0 Å². The van der Waals surface area contributed by atoms with E-state index in [2.05, 4.69) is 4.98 Å². The highest BCUT2D eigenvalue weighted by Crippen LogP contribution is 2.20. The van der Waals surface area contributed by atoms with Gasteiger partial charge in [0.2, 0.25) is 0 Å². The molecule has 0 amide bonds. The zero-order valence-electron chi connectivity index (χ0n) is 6.88. The first-order chi connectivity index (χ1) is 6.50. The number of carboxylic acids is 1. The first-order valence-corrected chi connectivity index (χ1v) is 4.73. The molecule has 0 radical (unpaired) electrons. The van der Waals surface area contributed by atoms with E-state index in [0.717, 1.165) is 0 Å². The molecule has 0 aliphatic carbocycles. The monoisotopic (exact) mass is 313 g/mol. The summed E-state index contributed by atoms with van der Waals surface area (Å²) >= 11 is 1.82. The number of carbonyl (C=O) groups is 1. The molecule has 6 heteroatoms. The van der Waals surface area contributed by atoms with Gasteiger partial charge in [-0.2, -0.15) is 0 Å². The normalized spacial score (nSPS) is 10.6. The number of carboxylic acid groups (broad SMARTS) is 1. The fraction of sp³-hybridized carbons (Fsp3) is 0.250. The number of halogens is 3. The number of pyridine rings is 1. The lowest BCUT2D eigenvalue weighted by Crippen LogP contribution is -2.04. The summed E-state index contributed by atoms with van der Waals surface area (Å²) in [6.07, 6.45) is -1.64. The summed E-state index contributed by atoms with van der Waals surface area (Å²) in [6.45, 7) is 0. The molecule has 76 valence electrons. The molecule has 14 heavy (non-hydrogen) atoms. The van der Waals surface area contributed by atoms with Crippen molar-refractivity contribution in [1.29, 1.82) is 0 Å². The van der Waals surface area contributed by atoms with Crippen LogP contribution in [0.4, 0.5) is 8.78 Å². The van der Waals surface area contributed by atoms with Gasteiger partial charge in [0, 0.05) is 9.77 Å². The SMILES string of the molecule is O=C(O)Cc1cnc(C(F)F)cc1I. The Balaban J connectivity index is 2.95. The van der Waals surface area contributed by atoms with Gasteiger partial charge >= 0.3 is 5.97 Å². The number of rotatable bonds is 3. The highest BCUT2D eigenvalue weighted by molar-refractivity contribution is 14.1. The Bertz CT molecular complexity index is 357. The predicted octanol–water partition coefficient (Wildman–Crippen LogP) is 2.25. The molecule has 0 aliphatic heterocycles. The maximum atomic E-state index is 12.2. The predicted molar refractivity (Wildman–Crippen MR) is 53.3 cm³/mol. The van der Waals surface area contributed by atoms with Gasteiger partial charge in [-0.15, -0.1) is 0 Å². The van der Waals surface area contributed by atoms with Gasteiger partial charge in [0.25, 0.3) is 6.43 Å². The molecule has 0 atom stereocenters. The summed E-state index contributed by atoms with van der Waals surface area (Å²) in [4.78, 5) is 13.8. The van der Waals surface area contributed by atoms with Crippen molar-refractivity contribution >= 4 is 28.6 Å². The molecule has 0 unspecified atom stereocenters. The number of hydrogen-bond donors (Lipinski definition) is 1. The van der Waals surface area contributed by atoms with Gasteiger partial charge < -0.3 is 5.11 Å². The second kappa shape index (κ2) is 4.63. The van der Waals surface area contributed by atoms with E-state index in [-0.39, 0.29) is 12.1 Å². The lowest BCUT2D eigenvalue weighted by Gasteiger charge is -2.03. The molecule has 0 spiro atoms. The van der Waals surface area contributed by atoms with Crippen LogP contribution >= 0.6 is 22.6 Å². The minimum atomic E-state index is -2.62. The van der Waals surface area contributed by atoms with Crippen molar-refractivity contribution in [2.75, 3.05) is 0 Å². The van der Waals surface area contributed by atoms with E-state index in [4.69, 9.17) is 5.11 Å². The molecule has 1 N–H and O–H groups in total. The van der Waals surface area contributed by atoms with Crippen molar-refractivity contribution in [3.05, 3.63) is 27.1 Å². The highest BCUT2D eigenvalue weighted by Gasteiger charge is 2.12. The molecule has 0 fully saturated rings. The molecule has 0 bridgehead atoms. The van der Waals surface area contributed by atoms with Crippen molar-refractivity contribution in [1.82, 2.24) is 4.98 Å². The van der Waals surface area contributed by atoms with Crippen LogP contribution in [0, 0.1) is 3.57 Å². The molecule has 3 nitrogen and oxygen atoms in total. The lowest BCUT2D eigenvalue weighted by atomic mass is 10.2. The third-order valence-electron chi connectivity index (χ3n) is 1.52. The maximum absolute atomic E-state index is 12.2. The van der Waals surface area contributed by atoms with Gasteiger partial charge in [0.15, 0.2) is 0 Å². The number of hydrogen-bond acceptors (Lipinski definition) is 2. The summed E-state index contributed by atoms with van der Waals surface area (Å²) in [7, 11) is 0. The van der Waals surface area contributed by atoms with E-state index in [1.165, 1.54) is 12.3 Å². The fourth-order valence-electron chi connectivity index (χ4n) is 0.886. The first-order valence-electron chi connectivity index (χ1n) is 3.65. The third kappa shape index (κ3) is 2.86.